The molecule has 0 aromatic heterocycles. The van der Waals surface area contributed by atoms with Crippen LogP contribution in [0, 0.1) is 5.92 Å². The highest BCUT2D eigenvalue weighted by Gasteiger charge is 2.19. The number of ether oxygens (including phenoxy) is 1. The lowest BCUT2D eigenvalue weighted by molar-refractivity contribution is -0.134. The van der Waals surface area contributed by atoms with E-state index in [1.54, 1.807) is 0 Å². The molecule has 2 aromatic rings. The minimum absolute atomic E-state index is 0.125. The van der Waals surface area contributed by atoms with Gasteiger partial charge in [0.25, 0.3) is 0 Å². The van der Waals surface area contributed by atoms with Crippen molar-refractivity contribution < 1.29 is 9.53 Å². The first kappa shape index (κ1) is 21.6. The highest BCUT2D eigenvalue weighted by molar-refractivity contribution is 5.73. The third-order valence-electron chi connectivity index (χ3n) is 6.30. The summed E-state index contributed by atoms with van der Waals surface area (Å²) in [5.74, 6) is 2.13. The minimum atomic E-state index is -0.125. The van der Waals surface area contributed by atoms with Crippen LogP contribution in [0.15, 0.2) is 48.5 Å². The third-order valence-corrected chi connectivity index (χ3v) is 6.30. The van der Waals surface area contributed by atoms with E-state index < -0.39 is 0 Å². The molecule has 29 heavy (non-hydrogen) atoms. The van der Waals surface area contributed by atoms with Crippen LogP contribution in [0.2, 0.25) is 0 Å². The Hall–Kier alpha value is -2.09. The summed E-state index contributed by atoms with van der Waals surface area (Å²) in [5, 5.41) is 0. The van der Waals surface area contributed by atoms with Crippen LogP contribution >= 0.6 is 0 Å². The number of benzene rings is 2. The van der Waals surface area contributed by atoms with Crippen molar-refractivity contribution >= 4 is 5.97 Å². The second-order valence-corrected chi connectivity index (χ2v) is 8.74. The number of hydrogen-bond donors (Lipinski definition) is 0. The largest absolute Gasteiger partial charge is 0.427 e. The molecule has 0 saturated heterocycles. The van der Waals surface area contributed by atoms with Gasteiger partial charge in [-0.1, -0.05) is 88.8 Å². The molecule has 1 aliphatic rings. The van der Waals surface area contributed by atoms with E-state index in [1.165, 1.54) is 56.1 Å². The van der Waals surface area contributed by atoms with Crippen molar-refractivity contribution in [1.82, 2.24) is 0 Å². The average molecular weight is 393 g/mol. The fourth-order valence-electron chi connectivity index (χ4n) is 4.31. The number of carbonyl (C=O) groups excluding carboxylic acids is 1. The molecule has 0 spiro atoms. The van der Waals surface area contributed by atoms with Gasteiger partial charge in [0.1, 0.15) is 5.75 Å². The first-order chi connectivity index (χ1) is 14.2. The lowest BCUT2D eigenvalue weighted by Crippen LogP contribution is -2.10. The van der Waals surface area contributed by atoms with Crippen LogP contribution in [-0.4, -0.2) is 5.97 Å². The van der Waals surface area contributed by atoms with E-state index in [1.807, 2.05) is 24.3 Å². The fourth-order valence-corrected chi connectivity index (χ4v) is 4.31. The molecule has 0 unspecified atom stereocenters. The highest BCUT2D eigenvalue weighted by Crippen LogP contribution is 2.36. The van der Waals surface area contributed by atoms with Gasteiger partial charge in [0.2, 0.25) is 0 Å². The van der Waals surface area contributed by atoms with Crippen molar-refractivity contribution in [3.8, 4) is 16.9 Å². The van der Waals surface area contributed by atoms with Crippen molar-refractivity contribution in [3.05, 3.63) is 54.1 Å². The Labute approximate surface area is 176 Å². The Kier molecular flexibility index (Phi) is 8.34. The van der Waals surface area contributed by atoms with Gasteiger partial charge >= 0.3 is 5.97 Å². The minimum Gasteiger partial charge on any atom is -0.427 e. The van der Waals surface area contributed by atoms with Gasteiger partial charge in [0, 0.05) is 6.42 Å². The molecule has 3 rings (SSSR count). The van der Waals surface area contributed by atoms with Crippen molar-refractivity contribution in [2.45, 2.75) is 84.0 Å². The number of hydrogen-bond acceptors (Lipinski definition) is 2. The molecule has 0 aliphatic heterocycles. The maximum atomic E-state index is 12.0. The summed E-state index contributed by atoms with van der Waals surface area (Å²) in [7, 11) is 0. The molecular weight excluding hydrogens is 356 g/mol. The van der Waals surface area contributed by atoms with Gasteiger partial charge < -0.3 is 4.74 Å². The average Bonchev–Trinajstić information content (AvgIpc) is 2.75. The Morgan fingerprint density at radius 1 is 0.828 bits per heavy atom. The SMILES string of the molecule is CCCCCCCC(=O)Oc1ccc(-c2ccc(C3CCC(C)CC3)cc2)cc1. The molecule has 1 fully saturated rings. The smallest absolute Gasteiger partial charge is 0.311 e. The second kappa shape index (κ2) is 11.2. The molecule has 0 radical (unpaired) electrons. The van der Waals surface area contributed by atoms with Crippen LogP contribution in [0.25, 0.3) is 11.1 Å². The summed E-state index contributed by atoms with van der Waals surface area (Å²) >= 11 is 0. The molecule has 1 saturated carbocycles. The molecule has 2 heteroatoms. The zero-order chi connectivity index (χ0) is 20.5. The predicted molar refractivity (Wildman–Crippen MR) is 121 cm³/mol. The number of unbranched alkanes of at least 4 members (excludes halogenated alkanes) is 4. The van der Waals surface area contributed by atoms with E-state index >= 15 is 0 Å². The van der Waals surface area contributed by atoms with E-state index in [2.05, 4.69) is 38.1 Å². The number of esters is 1. The molecule has 0 bridgehead atoms. The molecule has 2 aromatic carbocycles. The van der Waals surface area contributed by atoms with Crippen LogP contribution in [0.5, 0.6) is 5.75 Å². The lowest BCUT2D eigenvalue weighted by Gasteiger charge is -2.26. The summed E-state index contributed by atoms with van der Waals surface area (Å²) in [6.07, 6.45) is 11.6. The maximum absolute atomic E-state index is 12.0. The van der Waals surface area contributed by atoms with Crippen LogP contribution in [-0.2, 0) is 4.79 Å². The summed E-state index contributed by atoms with van der Waals surface area (Å²) in [6.45, 7) is 4.57. The Morgan fingerprint density at radius 3 is 2.03 bits per heavy atom. The summed E-state index contributed by atoms with van der Waals surface area (Å²) in [5.41, 5.74) is 3.85. The van der Waals surface area contributed by atoms with Crippen molar-refractivity contribution in [2.75, 3.05) is 0 Å². The zero-order valence-corrected chi connectivity index (χ0v) is 18.2. The van der Waals surface area contributed by atoms with E-state index in [4.69, 9.17) is 4.74 Å². The van der Waals surface area contributed by atoms with Crippen LogP contribution in [0.3, 0.4) is 0 Å². The van der Waals surface area contributed by atoms with E-state index in [0.717, 1.165) is 30.2 Å². The van der Waals surface area contributed by atoms with Crippen LogP contribution < -0.4 is 4.74 Å². The van der Waals surface area contributed by atoms with Crippen molar-refractivity contribution in [3.63, 3.8) is 0 Å². The summed E-state index contributed by atoms with van der Waals surface area (Å²) in [6, 6.07) is 16.9. The maximum Gasteiger partial charge on any atom is 0.311 e. The number of rotatable bonds is 9. The predicted octanol–water partition coefficient (Wildman–Crippen LogP) is 7.91. The normalized spacial score (nSPS) is 19.1. The molecule has 1 aliphatic carbocycles. The molecular formula is C27H36O2. The lowest BCUT2D eigenvalue weighted by atomic mass is 9.79. The van der Waals surface area contributed by atoms with Gasteiger partial charge in [0.05, 0.1) is 0 Å². The van der Waals surface area contributed by atoms with E-state index in [0.29, 0.717) is 12.2 Å². The monoisotopic (exact) mass is 392 g/mol. The Balaban J connectivity index is 1.50. The van der Waals surface area contributed by atoms with Gasteiger partial charge in [-0.15, -0.1) is 0 Å². The molecule has 0 N–H and O–H groups in total. The molecule has 0 amide bonds. The first-order valence-electron chi connectivity index (χ1n) is 11.6. The van der Waals surface area contributed by atoms with Gasteiger partial charge in [-0.3, -0.25) is 4.79 Å². The second-order valence-electron chi connectivity index (χ2n) is 8.74. The molecule has 0 atom stereocenters. The van der Waals surface area contributed by atoms with E-state index in [9.17, 15) is 4.79 Å². The number of carbonyl (C=O) groups is 1. The first-order valence-corrected chi connectivity index (χ1v) is 11.6. The molecule has 2 nitrogen and oxygen atoms in total. The third kappa shape index (κ3) is 6.73. The van der Waals surface area contributed by atoms with Gasteiger partial charge in [-0.25, -0.2) is 0 Å². The standard InChI is InChI=1S/C27H36O2/c1-3-4-5-6-7-8-27(28)29-26-19-17-25(18-20-26)24-15-13-23(14-16-24)22-11-9-21(2)10-12-22/h13-22H,3-12H2,1-2H3. The van der Waals surface area contributed by atoms with Crippen LogP contribution in [0.4, 0.5) is 0 Å². The van der Waals surface area contributed by atoms with E-state index in [-0.39, 0.29) is 5.97 Å². The van der Waals surface area contributed by atoms with Crippen molar-refractivity contribution in [1.29, 1.82) is 0 Å². The zero-order valence-electron chi connectivity index (χ0n) is 18.2. The van der Waals surface area contributed by atoms with Gasteiger partial charge in [-0.05, 0) is 59.9 Å². The topological polar surface area (TPSA) is 26.3 Å². The van der Waals surface area contributed by atoms with Crippen molar-refractivity contribution in [2.24, 2.45) is 5.92 Å². The Bertz CT molecular complexity index is 737. The van der Waals surface area contributed by atoms with Gasteiger partial charge in [0.15, 0.2) is 0 Å². The highest BCUT2D eigenvalue weighted by atomic mass is 16.5. The quantitative estimate of drug-likeness (QED) is 0.246. The van der Waals surface area contributed by atoms with Gasteiger partial charge in [-0.2, -0.15) is 0 Å². The fraction of sp³-hybridized carbons (Fsp3) is 0.519. The summed E-state index contributed by atoms with van der Waals surface area (Å²) < 4.78 is 5.48. The molecule has 0 heterocycles. The Morgan fingerprint density at radius 2 is 1.41 bits per heavy atom. The molecule has 156 valence electrons. The summed E-state index contributed by atoms with van der Waals surface area (Å²) in [4.78, 5) is 12.0. The van der Waals surface area contributed by atoms with Crippen LogP contribution in [0.1, 0.15) is 89.5 Å².